The van der Waals surface area contributed by atoms with Crippen LogP contribution in [-0.2, 0) is 10.8 Å². The Morgan fingerprint density at radius 2 is 1.33 bits per heavy atom. The molecule has 2 nitrogen and oxygen atoms in total. The van der Waals surface area contributed by atoms with E-state index >= 15 is 0 Å². The fraction of sp³-hybridized carbons (Fsp3) is 0.286. The number of nitrogens with zero attached hydrogens (tertiary/aromatic N) is 1. The maximum atomic E-state index is 11.5. The lowest BCUT2D eigenvalue weighted by molar-refractivity contribution is 0.446. The Kier molecular flexibility index (Phi) is 5.81. The summed E-state index contributed by atoms with van der Waals surface area (Å²) in [6, 6.07) is 22.7. The quantitative estimate of drug-likeness (QED) is 0.479. The Morgan fingerprint density at radius 3 is 1.83 bits per heavy atom. The van der Waals surface area contributed by atoms with Crippen LogP contribution < -0.4 is 4.90 Å². The van der Waals surface area contributed by atoms with Gasteiger partial charge in [0.2, 0.25) is 0 Å². The van der Waals surface area contributed by atoms with Gasteiger partial charge in [-0.3, -0.25) is 0 Å². The van der Waals surface area contributed by atoms with Crippen LogP contribution in [0, 0.1) is 0 Å². The molecule has 3 aromatic rings. The molecule has 1 N–H and O–H groups in total. The summed E-state index contributed by atoms with van der Waals surface area (Å²) in [5.74, 6) is 0.326. The van der Waals surface area contributed by atoms with Crippen molar-refractivity contribution >= 4 is 23.1 Å². The van der Waals surface area contributed by atoms with Gasteiger partial charge in [-0.1, -0.05) is 90.6 Å². The molecule has 0 amide bonds. The van der Waals surface area contributed by atoms with Gasteiger partial charge in [-0.15, -0.1) is 0 Å². The number of phenols is 1. The van der Waals surface area contributed by atoms with Crippen LogP contribution in [-0.4, -0.2) is 5.11 Å². The van der Waals surface area contributed by atoms with Gasteiger partial charge in [0.25, 0.3) is 0 Å². The predicted molar refractivity (Wildman–Crippen MR) is 130 cm³/mol. The Bertz CT molecular complexity index is 1020. The van der Waals surface area contributed by atoms with Crippen LogP contribution in [0.25, 0.3) is 6.08 Å². The summed E-state index contributed by atoms with van der Waals surface area (Å²) in [5, 5.41) is 11.5. The summed E-state index contributed by atoms with van der Waals surface area (Å²) >= 11 is 0. The van der Waals surface area contributed by atoms with E-state index in [1.165, 1.54) is 5.56 Å². The summed E-state index contributed by atoms with van der Waals surface area (Å²) in [7, 11) is 0. The van der Waals surface area contributed by atoms with Crippen LogP contribution in [0.1, 0.15) is 58.2 Å². The number of aromatic hydroxyl groups is 1. The lowest BCUT2D eigenvalue weighted by Crippen LogP contribution is -2.19. The van der Waals surface area contributed by atoms with Crippen molar-refractivity contribution in [2.75, 3.05) is 4.90 Å². The molecule has 0 atom stereocenters. The molecular weight excluding hydrogens is 366 g/mol. The lowest BCUT2D eigenvalue weighted by atomic mass is 9.79. The largest absolute Gasteiger partial charge is 0.505 e. The van der Waals surface area contributed by atoms with E-state index < -0.39 is 0 Å². The third-order valence-corrected chi connectivity index (χ3v) is 5.41. The summed E-state index contributed by atoms with van der Waals surface area (Å²) in [6.07, 6.45) is 1.84. The summed E-state index contributed by atoms with van der Waals surface area (Å²) in [6.45, 7) is 16.9. The van der Waals surface area contributed by atoms with E-state index in [-0.39, 0.29) is 10.8 Å². The molecule has 0 saturated heterocycles. The number of para-hydroxylation sites is 1. The third kappa shape index (κ3) is 4.43. The summed E-state index contributed by atoms with van der Waals surface area (Å²) in [4.78, 5) is 2.13. The molecule has 0 bridgehead atoms. The van der Waals surface area contributed by atoms with Crippen molar-refractivity contribution < 1.29 is 5.11 Å². The zero-order valence-electron chi connectivity index (χ0n) is 19.0. The first kappa shape index (κ1) is 21.7. The summed E-state index contributed by atoms with van der Waals surface area (Å²) in [5.41, 5.74) is 5.78. The topological polar surface area (TPSA) is 23.5 Å². The number of hydrogen-bond acceptors (Lipinski definition) is 2. The molecule has 3 rings (SSSR count). The Balaban J connectivity index is 2.33. The highest BCUT2D eigenvalue weighted by Gasteiger charge is 2.28. The smallest absolute Gasteiger partial charge is 0.143 e. The van der Waals surface area contributed by atoms with Crippen molar-refractivity contribution in [3.8, 4) is 5.75 Å². The van der Waals surface area contributed by atoms with Crippen LogP contribution in [0.5, 0.6) is 5.75 Å². The first-order valence-electron chi connectivity index (χ1n) is 10.5. The minimum Gasteiger partial charge on any atom is -0.505 e. The van der Waals surface area contributed by atoms with Crippen LogP contribution in [0.3, 0.4) is 0 Å². The van der Waals surface area contributed by atoms with Crippen LogP contribution in [0.4, 0.5) is 17.1 Å². The van der Waals surface area contributed by atoms with E-state index in [9.17, 15) is 5.11 Å². The zero-order chi connectivity index (χ0) is 22.1. The molecule has 0 aliphatic carbocycles. The molecule has 0 spiro atoms. The second-order valence-corrected chi connectivity index (χ2v) is 9.86. The first-order valence-corrected chi connectivity index (χ1v) is 10.5. The number of hydrogen-bond donors (Lipinski definition) is 1. The molecule has 0 aliphatic rings. The Hall–Kier alpha value is -3.00. The molecule has 0 saturated carbocycles. The molecule has 0 heterocycles. The molecule has 30 heavy (non-hydrogen) atoms. The Labute approximate surface area is 181 Å². The summed E-state index contributed by atoms with van der Waals surface area (Å²) < 4.78 is 0. The van der Waals surface area contributed by atoms with Crippen molar-refractivity contribution in [1.82, 2.24) is 0 Å². The average Bonchev–Trinajstić information content (AvgIpc) is 2.69. The van der Waals surface area contributed by atoms with E-state index in [1.807, 2.05) is 36.4 Å². The molecule has 0 aromatic heterocycles. The number of anilines is 3. The van der Waals surface area contributed by atoms with E-state index in [0.717, 1.165) is 28.2 Å². The van der Waals surface area contributed by atoms with Crippen molar-refractivity contribution in [2.45, 2.75) is 52.4 Å². The van der Waals surface area contributed by atoms with Gasteiger partial charge < -0.3 is 10.0 Å². The number of phenolic OH excluding ortho intramolecular Hbond substituents is 1. The lowest BCUT2D eigenvalue weighted by Gasteiger charge is -2.32. The first-order chi connectivity index (χ1) is 14.0. The van der Waals surface area contributed by atoms with Crippen LogP contribution in [0.2, 0.25) is 0 Å². The van der Waals surface area contributed by atoms with Gasteiger partial charge in [0.1, 0.15) is 5.75 Å². The second-order valence-electron chi connectivity index (χ2n) is 9.86. The number of rotatable bonds is 4. The SMILES string of the molecule is C=Cc1ccc(N(c2ccccc2)c2cc(C(C)(C)C)cc(C(C)(C)C)c2O)cc1. The molecule has 156 valence electrons. The van der Waals surface area contributed by atoms with Gasteiger partial charge in [-0.05, 0) is 52.3 Å². The van der Waals surface area contributed by atoms with Crippen molar-refractivity contribution in [3.63, 3.8) is 0 Å². The van der Waals surface area contributed by atoms with E-state index in [1.54, 1.807) is 0 Å². The van der Waals surface area contributed by atoms with Crippen molar-refractivity contribution in [2.24, 2.45) is 0 Å². The predicted octanol–water partition coefficient (Wildman–Crippen LogP) is 8.10. The highest BCUT2D eigenvalue weighted by Crippen LogP contribution is 2.46. The molecule has 2 heteroatoms. The highest BCUT2D eigenvalue weighted by atomic mass is 16.3. The van der Waals surface area contributed by atoms with Gasteiger partial charge in [0.15, 0.2) is 0 Å². The minimum absolute atomic E-state index is 0.0441. The van der Waals surface area contributed by atoms with Gasteiger partial charge >= 0.3 is 0 Å². The monoisotopic (exact) mass is 399 g/mol. The third-order valence-electron chi connectivity index (χ3n) is 5.41. The molecule has 0 aliphatic heterocycles. The van der Waals surface area contributed by atoms with Crippen molar-refractivity contribution in [1.29, 1.82) is 0 Å². The van der Waals surface area contributed by atoms with Gasteiger partial charge in [0, 0.05) is 16.9 Å². The maximum absolute atomic E-state index is 11.5. The van der Waals surface area contributed by atoms with Crippen LogP contribution in [0.15, 0.2) is 73.3 Å². The molecular formula is C28H33NO. The normalized spacial score (nSPS) is 11.9. The minimum atomic E-state index is -0.185. The maximum Gasteiger partial charge on any atom is 0.143 e. The zero-order valence-corrected chi connectivity index (χ0v) is 19.0. The molecule has 0 fully saturated rings. The number of benzene rings is 3. The van der Waals surface area contributed by atoms with E-state index in [4.69, 9.17) is 0 Å². The van der Waals surface area contributed by atoms with Gasteiger partial charge in [-0.25, -0.2) is 0 Å². The molecule has 0 radical (unpaired) electrons. The average molecular weight is 400 g/mol. The Morgan fingerprint density at radius 1 is 0.767 bits per heavy atom. The van der Waals surface area contributed by atoms with Gasteiger partial charge in [0.05, 0.1) is 5.69 Å². The van der Waals surface area contributed by atoms with E-state index in [0.29, 0.717) is 5.75 Å². The fourth-order valence-corrected chi connectivity index (χ4v) is 3.56. The van der Waals surface area contributed by atoms with E-state index in [2.05, 4.69) is 89.4 Å². The molecule has 0 unspecified atom stereocenters. The van der Waals surface area contributed by atoms with Gasteiger partial charge in [-0.2, -0.15) is 0 Å². The fourth-order valence-electron chi connectivity index (χ4n) is 3.56. The second kappa shape index (κ2) is 8.02. The van der Waals surface area contributed by atoms with Crippen molar-refractivity contribution in [3.05, 3.63) is 90.0 Å². The molecule has 3 aromatic carbocycles. The highest BCUT2D eigenvalue weighted by molar-refractivity contribution is 5.82. The van der Waals surface area contributed by atoms with Crippen LogP contribution >= 0.6 is 0 Å². The standard InChI is InChI=1S/C28H33NO/c1-8-20-14-16-23(17-15-20)29(22-12-10-9-11-13-22)25-19-21(27(2,3)4)18-24(26(25)30)28(5,6)7/h8-19,30H,1H2,2-7H3.